The molecule has 0 bridgehead atoms. The van der Waals surface area contributed by atoms with Crippen LogP contribution in [0.4, 0.5) is 13.2 Å². The van der Waals surface area contributed by atoms with Gasteiger partial charge in [0.05, 0.1) is 11.3 Å². The maximum absolute atomic E-state index is 13.0. The van der Waals surface area contributed by atoms with E-state index in [9.17, 15) is 13.2 Å². The first-order valence-corrected chi connectivity index (χ1v) is 9.66. The van der Waals surface area contributed by atoms with Crippen LogP contribution in [0.15, 0.2) is 60.7 Å². The van der Waals surface area contributed by atoms with Crippen LogP contribution in [0, 0.1) is 13.8 Å². The Morgan fingerprint density at radius 1 is 0.966 bits per heavy atom. The van der Waals surface area contributed by atoms with E-state index in [4.69, 9.17) is 4.74 Å². The number of alkyl halides is 3. The van der Waals surface area contributed by atoms with Gasteiger partial charge >= 0.3 is 6.18 Å². The van der Waals surface area contributed by atoms with Crippen LogP contribution in [0.25, 0.3) is 11.3 Å². The second-order valence-corrected chi connectivity index (χ2v) is 7.16. The number of nitrogens with zero attached hydrogens (tertiary/aromatic N) is 1. The second kappa shape index (κ2) is 8.68. The van der Waals surface area contributed by atoms with Gasteiger partial charge in [0.15, 0.2) is 0 Å². The summed E-state index contributed by atoms with van der Waals surface area (Å²) in [5.41, 5.74) is 3.11. The summed E-state index contributed by atoms with van der Waals surface area (Å²) in [7, 11) is 0. The zero-order valence-electron chi connectivity index (χ0n) is 16.8. The third kappa shape index (κ3) is 5.17. The molecule has 1 heterocycles. The van der Waals surface area contributed by atoms with Crippen LogP contribution in [0.1, 0.15) is 48.3 Å². The lowest BCUT2D eigenvalue weighted by atomic mass is 10.0. The highest BCUT2D eigenvalue weighted by atomic mass is 19.4. The fourth-order valence-electron chi connectivity index (χ4n) is 3.32. The Morgan fingerprint density at radius 3 is 2.38 bits per heavy atom. The number of hydrogen-bond donors (Lipinski definition) is 0. The van der Waals surface area contributed by atoms with Crippen LogP contribution in [0.2, 0.25) is 0 Å². The molecule has 1 aromatic heterocycles. The Bertz CT molecular complexity index is 982. The molecule has 0 saturated carbocycles. The highest BCUT2D eigenvalue weighted by Gasteiger charge is 2.30. The van der Waals surface area contributed by atoms with E-state index in [2.05, 4.69) is 11.9 Å². The summed E-state index contributed by atoms with van der Waals surface area (Å²) in [4.78, 5) is 4.58. The molecule has 0 amide bonds. The van der Waals surface area contributed by atoms with Gasteiger partial charge in [-0.05, 0) is 56.2 Å². The van der Waals surface area contributed by atoms with Gasteiger partial charge < -0.3 is 4.74 Å². The van der Waals surface area contributed by atoms with Crippen molar-refractivity contribution in [2.24, 2.45) is 0 Å². The molecule has 0 saturated heterocycles. The lowest BCUT2D eigenvalue weighted by Gasteiger charge is -2.21. The largest absolute Gasteiger partial charge is 0.486 e. The predicted molar refractivity (Wildman–Crippen MR) is 109 cm³/mol. The minimum Gasteiger partial charge on any atom is -0.486 e. The van der Waals surface area contributed by atoms with E-state index in [1.807, 2.05) is 44.2 Å². The van der Waals surface area contributed by atoms with Crippen molar-refractivity contribution in [3.05, 3.63) is 83.0 Å². The van der Waals surface area contributed by atoms with Crippen molar-refractivity contribution < 1.29 is 17.9 Å². The van der Waals surface area contributed by atoms with E-state index in [-0.39, 0.29) is 6.10 Å². The summed E-state index contributed by atoms with van der Waals surface area (Å²) in [6.07, 6.45) is -2.78. The van der Waals surface area contributed by atoms with Gasteiger partial charge in [-0.1, -0.05) is 43.7 Å². The quantitative estimate of drug-likeness (QED) is 0.434. The molecule has 1 atom stereocenters. The Labute approximate surface area is 169 Å². The number of rotatable bonds is 6. The van der Waals surface area contributed by atoms with Crippen molar-refractivity contribution in [2.45, 2.75) is 45.9 Å². The molecule has 0 aliphatic heterocycles. The van der Waals surface area contributed by atoms with Crippen molar-refractivity contribution in [1.82, 2.24) is 4.98 Å². The lowest BCUT2D eigenvalue weighted by molar-refractivity contribution is -0.137. The number of aromatic nitrogens is 1. The Kier molecular flexibility index (Phi) is 6.26. The molecule has 29 heavy (non-hydrogen) atoms. The van der Waals surface area contributed by atoms with Gasteiger partial charge in [0.2, 0.25) is 0 Å². The molecule has 0 fully saturated rings. The molecular weight excluding hydrogens is 375 g/mol. The summed E-state index contributed by atoms with van der Waals surface area (Å²) >= 11 is 0. The van der Waals surface area contributed by atoms with E-state index < -0.39 is 11.7 Å². The van der Waals surface area contributed by atoms with Gasteiger partial charge in [0.25, 0.3) is 0 Å². The first-order valence-electron chi connectivity index (χ1n) is 9.66. The Morgan fingerprint density at radius 2 is 1.72 bits per heavy atom. The molecule has 2 aromatic carbocycles. The maximum Gasteiger partial charge on any atom is 0.416 e. The molecular formula is C24H24F3NO. The zero-order chi connectivity index (χ0) is 21.0. The van der Waals surface area contributed by atoms with Crippen molar-refractivity contribution in [3.63, 3.8) is 0 Å². The molecule has 3 rings (SSSR count). The highest BCUT2D eigenvalue weighted by Crippen LogP contribution is 2.33. The van der Waals surface area contributed by atoms with Gasteiger partial charge in [-0.3, -0.25) is 4.98 Å². The second-order valence-electron chi connectivity index (χ2n) is 7.16. The van der Waals surface area contributed by atoms with Crippen molar-refractivity contribution in [3.8, 4) is 17.0 Å². The van der Waals surface area contributed by atoms with Crippen molar-refractivity contribution in [1.29, 1.82) is 0 Å². The van der Waals surface area contributed by atoms with E-state index >= 15 is 0 Å². The number of halogens is 3. The Hall–Kier alpha value is -2.82. The minimum absolute atomic E-state index is 0.162. The van der Waals surface area contributed by atoms with Crippen molar-refractivity contribution in [2.75, 3.05) is 0 Å². The molecule has 1 unspecified atom stereocenters. The van der Waals surface area contributed by atoms with E-state index in [1.54, 1.807) is 12.1 Å². The minimum atomic E-state index is -4.38. The molecule has 5 heteroatoms. The van der Waals surface area contributed by atoms with Gasteiger partial charge in [-0.15, -0.1) is 0 Å². The summed E-state index contributed by atoms with van der Waals surface area (Å²) in [6.45, 7) is 5.97. The monoisotopic (exact) mass is 399 g/mol. The van der Waals surface area contributed by atoms with Gasteiger partial charge in [-0.2, -0.15) is 13.2 Å². The number of hydrogen-bond acceptors (Lipinski definition) is 2. The average molecular weight is 399 g/mol. The standard InChI is InChI=1S/C24H24F3NO/c1-4-7-23(29-20-11-5-8-16(2)14-20)21-12-13-22(28-17(21)3)18-9-6-10-19(15-18)24(25,26)27/h5-6,8-15,23H,4,7H2,1-3H3. The molecule has 0 radical (unpaired) electrons. The van der Waals surface area contributed by atoms with Gasteiger partial charge in [0.1, 0.15) is 11.9 Å². The van der Waals surface area contributed by atoms with E-state index in [1.165, 1.54) is 6.07 Å². The van der Waals surface area contributed by atoms with Crippen LogP contribution < -0.4 is 4.74 Å². The SMILES string of the molecule is CCCC(Oc1cccc(C)c1)c1ccc(-c2cccc(C(F)(F)F)c2)nc1C. The lowest BCUT2D eigenvalue weighted by Crippen LogP contribution is -2.10. The molecule has 0 aliphatic carbocycles. The average Bonchev–Trinajstić information content (AvgIpc) is 2.67. The van der Waals surface area contributed by atoms with Crippen LogP contribution in [-0.2, 0) is 6.18 Å². The normalized spacial score (nSPS) is 12.6. The number of aryl methyl sites for hydroxylation is 2. The number of benzene rings is 2. The molecule has 3 aromatic rings. The van der Waals surface area contributed by atoms with Gasteiger partial charge in [-0.25, -0.2) is 0 Å². The summed E-state index contributed by atoms with van der Waals surface area (Å²) in [6, 6.07) is 16.8. The van der Waals surface area contributed by atoms with Crippen LogP contribution in [0.3, 0.4) is 0 Å². The van der Waals surface area contributed by atoms with Crippen LogP contribution in [-0.4, -0.2) is 4.98 Å². The molecule has 2 nitrogen and oxygen atoms in total. The number of ether oxygens (including phenoxy) is 1. The first kappa shape index (κ1) is 20.9. The first-order chi connectivity index (χ1) is 13.8. The van der Waals surface area contributed by atoms with Crippen molar-refractivity contribution >= 4 is 0 Å². The zero-order valence-corrected chi connectivity index (χ0v) is 16.8. The number of pyridine rings is 1. The maximum atomic E-state index is 13.0. The molecule has 0 N–H and O–H groups in total. The van der Waals surface area contributed by atoms with Crippen LogP contribution in [0.5, 0.6) is 5.75 Å². The summed E-state index contributed by atoms with van der Waals surface area (Å²) < 4.78 is 45.3. The molecule has 0 spiro atoms. The summed E-state index contributed by atoms with van der Waals surface area (Å²) in [5.74, 6) is 0.796. The third-order valence-electron chi connectivity index (χ3n) is 4.78. The molecule has 152 valence electrons. The fourth-order valence-corrected chi connectivity index (χ4v) is 3.32. The summed E-state index contributed by atoms with van der Waals surface area (Å²) in [5, 5.41) is 0. The third-order valence-corrected chi connectivity index (χ3v) is 4.78. The van der Waals surface area contributed by atoms with Gasteiger partial charge in [0, 0.05) is 16.8 Å². The highest BCUT2D eigenvalue weighted by molar-refractivity contribution is 5.61. The Balaban J connectivity index is 1.91. The fraction of sp³-hybridized carbons (Fsp3) is 0.292. The molecule has 0 aliphatic rings. The van der Waals surface area contributed by atoms with E-state index in [0.29, 0.717) is 11.3 Å². The smallest absolute Gasteiger partial charge is 0.416 e. The predicted octanol–water partition coefficient (Wildman–Crippen LogP) is 7.30. The van der Waals surface area contributed by atoms with Crippen LogP contribution >= 0.6 is 0 Å². The topological polar surface area (TPSA) is 22.1 Å². The van der Waals surface area contributed by atoms with E-state index in [0.717, 1.165) is 47.5 Å².